The smallest absolute Gasteiger partial charge is 0.252 e. The van der Waals surface area contributed by atoms with Crippen molar-refractivity contribution in [2.45, 2.75) is 0 Å². The second-order valence-corrected chi connectivity index (χ2v) is 5.26. The lowest BCUT2D eigenvalue weighted by atomic mass is 10.2. The summed E-state index contributed by atoms with van der Waals surface area (Å²) >= 11 is 6.69. The summed E-state index contributed by atoms with van der Waals surface area (Å²) in [5.74, 6) is -0.121. The van der Waals surface area contributed by atoms with Gasteiger partial charge in [-0.1, -0.05) is 15.9 Å². The van der Waals surface area contributed by atoms with Crippen molar-refractivity contribution in [3.05, 3.63) is 32.7 Å². The zero-order valence-electron chi connectivity index (χ0n) is 10.0. The van der Waals surface area contributed by atoms with Gasteiger partial charge in [0.2, 0.25) is 0 Å². The highest BCUT2D eigenvalue weighted by Gasteiger charge is 2.09. The maximum atomic E-state index is 11.8. The number of carbonyl (C=O) groups excluding carboxylic acids is 1. The van der Waals surface area contributed by atoms with Crippen LogP contribution in [-0.4, -0.2) is 39.4 Å². The van der Waals surface area contributed by atoms with E-state index in [-0.39, 0.29) is 5.91 Å². The van der Waals surface area contributed by atoms with E-state index >= 15 is 0 Å². The molecule has 0 spiro atoms. The van der Waals surface area contributed by atoms with Crippen LogP contribution in [0.2, 0.25) is 0 Å². The van der Waals surface area contributed by atoms with Crippen LogP contribution in [0.5, 0.6) is 0 Å². The van der Waals surface area contributed by atoms with Crippen molar-refractivity contribution in [1.82, 2.24) is 5.32 Å². The number of amides is 1. The fourth-order valence-electron chi connectivity index (χ4n) is 1.25. The van der Waals surface area contributed by atoms with Gasteiger partial charge in [0.25, 0.3) is 5.91 Å². The molecule has 0 bridgehead atoms. The van der Waals surface area contributed by atoms with E-state index in [2.05, 4.69) is 37.2 Å². The van der Waals surface area contributed by atoms with E-state index in [1.54, 1.807) is 13.2 Å². The summed E-state index contributed by atoms with van der Waals surface area (Å²) < 4.78 is 11.8. The van der Waals surface area contributed by atoms with Crippen LogP contribution >= 0.6 is 31.9 Å². The van der Waals surface area contributed by atoms with Crippen LogP contribution in [0.15, 0.2) is 27.1 Å². The number of nitrogens with one attached hydrogen (secondary N) is 1. The third-order valence-electron chi connectivity index (χ3n) is 2.14. The molecule has 6 heteroatoms. The molecule has 100 valence electrons. The van der Waals surface area contributed by atoms with Crippen LogP contribution in [0, 0.1) is 0 Å². The van der Waals surface area contributed by atoms with Crippen LogP contribution < -0.4 is 5.32 Å². The normalized spacial score (nSPS) is 10.4. The molecule has 4 nitrogen and oxygen atoms in total. The molecule has 0 fully saturated rings. The van der Waals surface area contributed by atoms with Gasteiger partial charge in [0.1, 0.15) is 0 Å². The third-order valence-corrected chi connectivity index (χ3v) is 3.29. The topological polar surface area (TPSA) is 47.6 Å². The number of halogens is 2. The van der Waals surface area contributed by atoms with Gasteiger partial charge >= 0.3 is 0 Å². The van der Waals surface area contributed by atoms with Crippen molar-refractivity contribution < 1.29 is 14.3 Å². The maximum Gasteiger partial charge on any atom is 0.252 e. The summed E-state index contributed by atoms with van der Waals surface area (Å²) in [6.45, 7) is 2.05. The third kappa shape index (κ3) is 5.48. The number of benzene rings is 1. The number of rotatable bonds is 7. The Bertz CT molecular complexity index is 399. The highest BCUT2D eigenvalue weighted by atomic mass is 79.9. The Hall–Kier alpha value is -0.430. The Balaban J connectivity index is 2.32. The first-order valence-electron chi connectivity index (χ1n) is 5.45. The standard InChI is InChI=1S/C12H15Br2NO3/c1-17-6-7-18-5-4-15-12(16)10-3-2-9(13)8-11(10)14/h2-3,8H,4-7H2,1H3,(H,15,16). The molecule has 0 heterocycles. The molecular formula is C12H15Br2NO3. The average Bonchev–Trinajstić information content (AvgIpc) is 2.33. The van der Waals surface area contributed by atoms with Gasteiger partial charge < -0.3 is 14.8 Å². The number of methoxy groups -OCH3 is 1. The number of ether oxygens (including phenoxy) is 2. The monoisotopic (exact) mass is 379 g/mol. The van der Waals surface area contributed by atoms with Gasteiger partial charge in [-0.2, -0.15) is 0 Å². The Morgan fingerprint density at radius 3 is 2.72 bits per heavy atom. The maximum absolute atomic E-state index is 11.8. The van der Waals surface area contributed by atoms with Crippen molar-refractivity contribution in [1.29, 1.82) is 0 Å². The molecule has 0 unspecified atom stereocenters. The second kappa shape index (κ2) is 8.63. The molecule has 0 saturated heterocycles. The molecule has 0 aliphatic heterocycles. The molecule has 1 N–H and O–H groups in total. The summed E-state index contributed by atoms with van der Waals surface area (Å²) in [4.78, 5) is 11.8. The summed E-state index contributed by atoms with van der Waals surface area (Å²) in [7, 11) is 1.62. The predicted octanol–water partition coefficient (Wildman–Crippen LogP) is 2.60. The summed E-state index contributed by atoms with van der Waals surface area (Å²) in [5, 5.41) is 2.79. The van der Waals surface area contributed by atoms with Crippen LogP contribution in [0.1, 0.15) is 10.4 Å². The van der Waals surface area contributed by atoms with Crippen LogP contribution in [0.3, 0.4) is 0 Å². The van der Waals surface area contributed by atoms with Gasteiger partial charge in [0.05, 0.1) is 25.4 Å². The van der Waals surface area contributed by atoms with Crippen LogP contribution in [-0.2, 0) is 9.47 Å². The number of hydrogen-bond acceptors (Lipinski definition) is 3. The molecule has 0 atom stereocenters. The molecule has 0 aliphatic rings. The van der Waals surface area contributed by atoms with Crippen molar-refractivity contribution in [3.8, 4) is 0 Å². The number of carbonyl (C=O) groups is 1. The lowest BCUT2D eigenvalue weighted by molar-refractivity contribution is 0.0692. The van der Waals surface area contributed by atoms with E-state index in [4.69, 9.17) is 9.47 Å². The molecule has 18 heavy (non-hydrogen) atoms. The van der Waals surface area contributed by atoms with E-state index in [9.17, 15) is 4.79 Å². The summed E-state index contributed by atoms with van der Waals surface area (Å²) in [6, 6.07) is 5.42. The fraction of sp³-hybridized carbons (Fsp3) is 0.417. The van der Waals surface area contributed by atoms with Gasteiger partial charge in [-0.15, -0.1) is 0 Å². The van der Waals surface area contributed by atoms with Gasteiger partial charge in [-0.05, 0) is 34.1 Å². The van der Waals surface area contributed by atoms with Gasteiger partial charge in [-0.25, -0.2) is 0 Å². The van der Waals surface area contributed by atoms with Crippen molar-refractivity contribution in [2.24, 2.45) is 0 Å². The van der Waals surface area contributed by atoms with Crippen molar-refractivity contribution >= 4 is 37.8 Å². The van der Waals surface area contributed by atoms with E-state index < -0.39 is 0 Å². The minimum Gasteiger partial charge on any atom is -0.382 e. The average molecular weight is 381 g/mol. The first-order chi connectivity index (χ1) is 8.65. The van der Waals surface area contributed by atoms with Crippen LogP contribution in [0.4, 0.5) is 0 Å². The molecule has 1 rings (SSSR count). The first kappa shape index (κ1) is 15.6. The summed E-state index contributed by atoms with van der Waals surface area (Å²) in [6.07, 6.45) is 0. The molecule has 1 aromatic carbocycles. The largest absolute Gasteiger partial charge is 0.382 e. The Morgan fingerprint density at radius 1 is 1.28 bits per heavy atom. The highest BCUT2D eigenvalue weighted by molar-refractivity contribution is 9.11. The SMILES string of the molecule is COCCOCCNC(=O)c1ccc(Br)cc1Br. The quantitative estimate of drug-likeness (QED) is 0.739. The molecule has 0 saturated carbocycles. The van der Waals surface area contributed by atoms with Crippen molar-refractivity contribution in [2.75, 3.05) is 33.5 Å². The lowest BCUT2D eigenvalue weighted by Crippen LogP contribution is -2.27. The molecule has 1 aromatic rings. The molecule has 0 radical (unpaired) electrons. The van der Waals surface area contributed by atoms with Gasteiger partial charge in [0.15, 0.2) is 0 Å². The highest BCUT2D eigenvalue weighted by Crippen LogP contribution is 2.21. The Kier molecular flexibility index (Phi) is 7.50. The summed E-state index contributed by atoms with van der Waals surface area (Å²) in [5.41, 5.74) is 0.607. The predicted molar refractivity (Wildman–Crippen MR) is 76.9 cm³/mol. The van der Waals surface area contributed by atoms with E-state index in [0.29, 0.717) is 31.9 Å². The van der Waals surface area contributed by atoms with E-state index in [1.807, 2.05) is 12.1 Å². The minimum absolute atomic E-state index is 0.121. The van der Waals surface area contributed by atoms with Crippen molar-refractivity contribution in [3.63, 3.8) is 0 Å². The van der Waals surface area contributed by atoms with Crippen LogP contribution in [0.25, 0.3) is 0 Å². The second-order valence-electron chi connectivity index (χ2n) is 3.49. The zero-order valence-corrected chi connectivity index (χ0v) is 13.2. The molecular weight excluding hydrogens is 366 g/mol. The van der Waals surface area contributed by atoms with Gasteiger partial charge in [-0.3, -0.25) is 4.79 Å². The van der Waals surface area contributed by atoms with Gasteiger partial charge in [0, 0.05) is 22.6 Å². The minimum atomic E-state index is -0.121. The first-order valence-corrected chi connectivity index (χ1v) is 7.03. The fourth-order valence-corrected chi connectivity index (χ4v) is 2.48. The lowest BCUT2D eigenvalue weighted by Gasteiger charge is -2.07. The number of hydrogen-bond donors (Lipinski definition) is 1. The zero-order chi connectivity index (χ0) is 13.4. The molecule has 0 aliphatic carbocycles. The van der Waals surface area contributed by atoms with E-state index in [0.717, 1.165) is 8.95 Å². The Morgan fingerprint density at radius 2 is 2.06 bits per heavy atom. The Labute approximate surface area is 123 Å². The molecule has 1 amide bonds. The van der Waals surface area contributed by atoms with E-state index in [1.165, 1.54) is 0 Å². The molecule has 0 aromatic heterocycles.